The molecular weight excluding hydrogens is 505 g/mol. The molecule has 0 atom stereocenters. The van der Waals surface area contributed by atoms with E-state index in [4.69, 9.17) is 14.9 Å². The third kappa shape index (κ3) is 7.45. The predicted octanol–water partition coefficient (Wildman–Crippen LogP) is 6.86. The van der Waals surface area contributed by atoms with Crippen molar-refractivity contribution in [3.63, 3.8) is 0 Å². The SMILES string of the molecule is CNc1ccc(CNCc2cccc(-c3ccc(-c4nc5ccccc5[nH]4)cc3)c2)cc1.O=C(O)C(F)(F)F. The Hall–Kier alpha value is -4.63. The van der Waals surface area contributed by atoms with Crippen LogP contribution in [0, 0.1) is 0 Å². The summed E-state index contributed by atoms with van der Waals surface area (Å²) in [5, 5.41) is 13.8. The number of aromatic nitrogens is 2. The number of H-pyrrole nitrogens is 1. The fourth-order valence-electron chi connectivity index (χ4n) is 3.91. The molecule has 9 heteroatoms. The molecule has 0 aliphatic rings. The number of carboxylic acids is 1. The lowest BCUT2D eigenvalue weighted by molar-refractivity contribution is -0.192. The van der Waals surface area contributed by atoms with E-state index in [0.717, 1.165) is 41.2 Å². The monoisotopic (exact) mass is 532 g/mol. The zero-order chi connectivity index (χ0) is 27.8. The number of carboxylic acid groups (broad SMARTS) is 1. The number of benzene rings is 4. The lowest BCUT2D eigenvalue weighted by Gasteiger charge is -2.09. The first-order valence-electron chi connectivity index (χ1n) is 12.1. The van der Waals surface area contributed by atoms with E-state index in [1.807, 2.05) is 25.2 Å². The van der Waals surface area contributed by atoms with Crippen LogP contribution in [-0.2, 0) is 17.9 Å². The lowest BCUT2D eigenvalue weighted by Crippen LogP contribution is -2.21. The molecule has 4 N–H and O–H groups in total. The molecule has 0 amide bonds. The molecule has 5 aromatic rings. The van der Waals surface area contributed by atoms with Crippen molar-refractivity contribution in [3.05, 3.63) is 108 Å². The third-order valence-corrected chi connectivity index (χ3v) is 5.95. The second kappa shape index (κ2) is 12.3. The summed E-state index contributed by atoms with van der Waals surface area (Å²) >= 11 is 0. The predicted molar refractivity (Wildman–Crippen MR) is 147 cm³/mol. The minimum Gasteiger partial charge on any atom is -0.475 e. The maximum Gasteiger partial charge on any atom is 0.490 e. The maximum absolute atomic E-state index is 10.6. The minimum atomic E-state index is -5.08. The highest BCUT2D eigenvalue weighted by atomic mass is 19.4. The molecule has 0 bridgehead atoms. The lowest BCUT2D eigenvalue weighted by atomic mass is 10.0. The molecule has 0 radical (unpaired) electrons. The van der Waals surface area contributed by atoms with Gasteiger partial charge in [-0.15, -0.1) is 0 Å². The average Bonchev–Trinajstić information content (AvgIpc) is 3.38. The van der Waals surface area contributed by atoms with Gasteiger partial charge in [-0.2, -0.15) is 13.2 Å². The molecule has 5 rings (SSSR count). The second-order valence-electron chi connectivity index (χ2n) is 8.73. The van der Waals surface area contributed by atoms with Crippen LogP contribution in [0.5, 0.6) is 0 Å². The molecule has 0 saturated heterocycles. The summed E-state index contributed by atoms with van der Waals surface area (Å²) in [6.07, 6.45) is -5.08. The second-order valence-corrected chi connectivity index (χ2v) is 8.73. The van der Waals surface area contributed by atoms with Crippen molar-refractivity contribution in [3.8, 4) is 22.5 Å². The number of para-hydroxylation sites is 2. The number of imidazole rings is 1. The van der Waals surface area contributed by atoms with Crippen molar-refractivity contribution >= 4 is 22.7 Å². The Morgan fingerprint density at radius 2 is 1.46 bits per heavy atom. The van der Waals surface area contributed by atoms with Gasteiger partial charge < -0.3 is 20.7 Å². The fourth-order valence-corrected chi connectivity index (χ4v) is 3.91. The number of carbonyl (C=O) groups is 1. The van der Waals surface area contributed by atoms with Gasteiger partial charge in [0.2, 0.25) is 0 Å². The third-order valence-electron chi connectivity index (χ3n) is 5.95. The van der Waals surface area contributed by atoms with E-state index in [-0.39, 0.29) is 0 Å². The number of rotatable bonds is 7. The number of fused-ring (bicyclic) bond motifs is 1. The number of alkyl halides is 3. The highest BCUT2D eigenvalue weighted by molar-refractivity contribution is 5.79. The number of nitrogens with zero attached hydrogens (tertiary/aromatic N) is 1. The van der Waals surface area contributed by atoms with Gasteiger partial charge in [0.25, 0.3) is 0 Å². The Morgan fingerprint density at radius 1 is 0.821 bits per heavy atom. The Balaban J connectivity index is 0.000000448. The topological polar surface area (TPSA) is 90.0 Å². The molecule has 1 aromatic heterocycles. The van der Waals surface area contributed by atoms with E-state index >= 15 is 0 Å². The highest BCUT2D eigenvalue weighted by Gasteiger charge is 2.38. The van der Waals surface area contributed by atoms with Crippen molar-refractivity contribution in [2.75, 3.05) is 12.4 Å². The summed E-state index contributed by atoms with van der Waals surface area (Å²) in [7, 11) is 1.94. The molecule has 6 nitrogen and oxygen atoms in total. The van der Waals surface area contributed by atoms with E-state index in [9.17, 15) is 13.2 Å². The van der Waals surface area contributed by atoms with Crippen molar-refractivity contribution in [1.29, 1.82) is 0 Å². The van der Waals surface area contributed by atoms with Crippen molar-refractivity contribution in [2.45, 2.75) is 19.3 Å². The van der Waals surface area contributed by atoms with Gasteiger partial charge in [-0.3, -0.25) is 0 Å². The molecule has 0 spiro atoms. The smallest absolute Gasteiger partial charge is 0.475 e. The Bertz CT molecular complexity index is 1500. The summed E-state index contributed by atoms with van der Waals surface area (Å²) in [6, 6.07) is 33.9. The van der Waals surface area contributed by atoms with Crippen molar-refractivity contribution in [1.82, 2.24) is 15.3 Å². The van der Waals surface area contributed by atoms with E-state index in [1.54, 1.807) is 0 Å². The van der Waals surface area contributed by atoms with Gasteiger partial charge in [-0.25, -0.2) is 9.78 Å². The van der Waals surface area contributed by atoms with Crippen LogP contribution in [0.2, 0.25) is 0 Å². The summed E-state index contributed by atoms with van der Waals surface area (Å²) in [5.74, 6) is -1.86. The number of aliphatic carboxylic acids is 1. The van der Waals surface area contributed by atoms with Crippen LogP contribution < -0.4 is 10.6 Å². The number of nitrogens with one attached hydrogen (secondary N) is 3. The Labute approximate surface area is 223 Å². The van der Waals surface area contributed by atoms with Gasteiger partial charge in [-0.05, 0) is 52.6 Å². The van der Waals surface area contributed by atoms with Crippen LogP contribution in [0.3, 0.4) is 0 Å². The number of halogens is 3. The molecule has 1 heterocycles. The normalized spacial score (nSPS) is 11.1. The first kappa shape index (κ1) is 27.4. The number of hydrogen-bond acceptors (Lipinski definition) is 4. The number of aromatic amines is 1. The molecule has 39 heavy (non-hydrogen) atoms. The quantitative estimate of drug-likeness (QED) is 0.184. The van der Waals surface area contributed by atoms with Crippen LogP contribution in [-0.4, -0.2) is 34.3 Å². The summed E-state index contributed by atoms with van der Waals surface area (Å²) in [6.45, 7) is 1.68. The largest absolute Gasteiger partial charge is 0.490 e. The first-order valence-corrected chi connectivity index (χ1v) is 12.1. The zero-order valence-corrected chi connectivity index (χ0v) is 21.1. The molecule has 4 aromatic carbocycles. The molecule has 0 saturated carbocycles. The minimum absolute atomic E-state index is 0.832. The fraction of sp³-hybridized carbons (Fsp3) is 0.133. The molecular formula is C30H27F3N4O2. The molecule has 0 unspecified atom stereocenters. The average molecular weight is 533 g/mol. The molecule has 0 fully saturated rings. The van der Waals surface area contributed by atoms with Crippen LogP contribution >= 0.6 is 0 Å². The van der Waals surface area contributed by atoms with Gasteiger partial charge >= 0.3 is 12.1 Å². The van der Waals surface area contributed by atoms with E-state index in [1.165, 1.54) is 22.3 Å². The van der Waals surface area contributed by atoms with Crippen LogP contribution in [0.4, 0.5) is 18.9 Å². The van der Waals surface area contributed by atoms with Crippen molar-refractivity contribution in [2.24, 2.45) is 0 Å². The van der Waals surface area contributed by atoms with Crippen LogP contribution in [0.1, 0.15) is 11.1 Å². The van der Waals surface area contributed by atoms with Gasteiger partial charge in [-0.1, -0.05) is 66.7 Å². The first-order chi connectivity index (χ1) is 18.7. The Kier molecular flexibility index (Phi) is 8.63. The molecule has 0 aliphatic heterocycles. The van der Waals surface area contributed by atoms with Gasteiger partial charge in [0.1, 0.15) is 5.82 Å². The van der Waals surface area contributed by atoms with Gasteiger partial charge in [0, 0.05) is 31.4 Å². The van der Waals surface area contributed by atoms with Gasteiger partial charge in [0.15, 0.2) is 0 Å². The number of hydrogen-bond donors (Lipinski definition) is 4. The number of anilines is 1. The van der Waals surface area contributed by atoms with Crippen molar-refractivity contribution < 1.29 is 23.1 Å². The van der Waals surface area contributed by atoms with Crippen LogP contribution in [0.15, 0.2) is 97.1 Å². The zero-order valence-electron chi connectivity index (χ0n) is 21.1. The summed E-state index contributed by atoms with van der Waals surface area (Å²) in [5.41, 5.74) is 9.25. The highest BCUT2D eigenvalue weighted by Crippen LogP contribution is 2.25. The Morgan fingerprint density at radius 3 is 2.10 bits per heavy atom. The van der Waals surface area contributed by atoms with E-state index in [2.05, 4.69) is 94.5 Å². The molecule has 200 valence electrons. The van der Waals surface area contributed by atoms with Crippen LogP contribution in [0.25, 0.3) is 33.5 Å². The van der Waals surface area contributed by atoms with Gasteiger partial charge in [0.05, 0.1) is 11.0 Å². The van der Waals surface area contributed by atoms with E-state index in [0.29, 0.717) is 0 Å². The molecule has 0 aliphatic carbocycles. The standard InChI is InChI=1S/C28H26N4.C2HF3O2/c1-29-25-15-9-20(10-16-25)18-30-19-21-5-4-6-24(17-21)22-11-13-23(14-12-22)28-31-26-7-2-3-8-27(26)32-28;3-2(4,5)1(6)7/h2-17,29-30H,18-19H2,1H3,(H,31,32);(H,6,7). The summed E-state index contributed by atoms with van der Waals surface area (Å²) in [4.78, 5) is 17.0. The van der Waals surface area contributed by atoms with E-state index < -0.39 is 12.1 Å². The maximum atomic E-state index is 10.6. The summed E-state index contributed by atoms with van der Waals surface area (Å²) < 4.78 is 31.7.